The molecule has 0 saturated heterocycles. The first-order valence-corrected chi connectivity index (χ1v) is 12.6. The highest BCUT2D eigenvalue weighted by atomic mass is 32.2. The Balaban J connectivity index is 1.92. The van der Waals surface area contributed by atoms with Gasteiger partial charge in [-0.25, -0.2) is 27.2 Å². The van der Waals surface area contributed by atoms with Gasteiger partial charge in [0, 0.05) is 5.56 Å². The second kappa shape index (κ2) is 9.74. The summed E-state index contributed by atoms with van der Waals surface area (Å²) in [5.74, 6) is 3.95. The number of nitrogens with two attached hydrogens (primary N) is 1. The number of benzene rings is 1. The molecule has 1 aliphatic heterocycles. The molecule has 186 valence electrons. The Morgan fingerprint density at radius 1 is 1.29 bits per heavy atom. The monoisotopic (exact) mass is 502 g/mol. The summed E-state index contributed by atoms with van der Waals surface area (Å²) >= 11 is 0. The van der Waals surface area contributed by atoms with Crippen LogP contribution in [0, 0.1) is 17.7 Å². The van der Waals surface area contributed by atoms with Gasteiger partial charge < -0.3 is 10.5 Å². The number of halogens is 2. The molecule has 0 saturated carbocycles. The second-order valence-corrected chi connectivity index (χ2v) is 11.5. The van der Waals surface area contributed by atoms with Gasteiger partial charge in [0.05, 0.1) is 18.1 Å². The second-order valence-electron chi connectivity index (χ2n) is 8.92. The Kier molecular flexibility index (Phi) is 7.31. The standard InChI is InChI=1S/C25H28F2N4O3S/c1-6-8-17(7-2)34-22-14-29-21(13-30-22)20(27)12-16-9-10-19(26)18(11-16)25(5)15-35(32,33)24(3,4)23(28)31-25/h9-14,17H,7,15H2,1-5H3,(H2,28,31)/b20-12-/t17-,25-/m0/s1. The van der Waals surface area contributed by atoms with Crippen molar-refractivity contribution in [2.24, 2.45) is 10.7 Å². The summed E-state index contributed by atoms with van der Waals surface area (Å²) in [5, 5.41) is 0. The van der Waals surface area contributed by atoms with Crippen LogP contribution in [0.25, 0.3) is 11.9 Å². The van der Waals surface area contributed by atoms with Crippen LogP contribution in [0.3, 0.4) is 0 Å². The Bertz CT molecular complexity index is 1340. The number of ether oxygens (including phenoxy) is 1. The summed E-state index contributed by atoms with van der Waals surface area (Å²) in [4.78, 5) is 12.5. The van der Waals surface area contributed by atoms with Gasteiger partial charge in [-0.1, -0.05) is 18.9 Å². The van der Waals surface area contributed by atoms with Crippen LogP contribution in [0.15, 0.2) is 35.6 Å². The van der Waals surface area contributed by atoms with Crippen LogP contribution in [0.1, 0.15) is 57.9 Å². The van der Waals surface area contributed by atoms with Crippen LogP contribution in [-0.2, 0) is 15.4 Å². The molecule has 0 radical (unpaired) electrons. The fourth-order valence-electron chi connectivity index (χ4n) is 3.57. The van der Waals surface area contributed by atoms with Gasteiger partial charge in [0.15, 0.2) is 21.8 Å². The van der Waals surface area contributed by atoms with Crippen molar-refractivity contribution >= 4 is 27.6 Å². The smallest absolute Gasteiger partial charge is 0.233 e. The maximum absolute atomic E-state index is 14.9. The Labute approximate surface area is 204 Å². The lowest BCUT2D eigenvalue weighted by Crippen LogP contribution is -2.55. The molecule has 1 aromatic heterocycles. The average Bonchev–Trinajstić information content (AvgIpc) is 2.79. The molecule has 7 nitrogen and oxygen atoms in total. The molecule has 1 aromatic carbocycles. The van der Waals surface area contributed by atoms with Crippen LogP contribution in [0.2, 0.25) is 0 Å². The predicted molar refractivity (Wildman–Crippen MR) is 132 cm³/mol. The highest BCUT2D eigenvalue weighted by Gasteiger charge is 2.49. The molecule has 0 bridgehead atoms. The maximum Gasteiger partial charge on any atom is 0.233 e. The maximum atomic E-state index is 14.9. The molecule has 0 amide bonds. The zero-order chi connectivity index (χ0) is 26.0. The minimum Gasteiger partial charge on any atom is -0.460 e. The minimum absolute atomic E-state index is 0.00134. The van der Waals surface area contributed by atoms with Gasteiger partial charge in [-0.05, 0) is 57.9 Å². The van der Waals surface area contributed by atoms with E-state index in [0.717, 1.165) is 12.1 Å². The number of rotatable bonds is 6. The molecule has 2 aromatic rings. The topological polar surface area (TPSA) is 108 Å². The van der Waals surface area contributed by atoms with Gasteiger partial charge in [-0.15, -0.1) is 5.92 Å². The lowest BCUT2D eigenvalue weighted by molar-refractivity contribution is 0.243. The normalized spacial score (nSPS) is 21.9. The summed E-state index contributed by atoms with van der Waals surface area (Å²) in [5.41, 5.74) is 4.74. The molecule has 1 aliphatic rings. The van der Waals surface area contributed by atoms with Crippen molar-refractivity contribution in [1.29, 1.82) is 0 Å². The van der Waals surface area contributed by atoms with E-state index < -0.39 is 37.5 Å². The first-order chi connectivity index (χ1) is 16.3. The Morgan fingerprint density at radius 3 is 2.57 bits per heavy atom. The molecular weight excluding hydrogens is 474 g/mol. The van der Waals surface area contributed by atoms with E-state index in [-0.39, 0.29) is 29.1 Å². The van der Waals surface area contributed by atoms with Crippen molar-refractivity contribution in [3.05, 3.63) is 53.2 Å². The van der Waals surface area contributed by atoms with Gasteiger partial charge in [-0.3, -0.25) is 4.99 Å². The first kappa shape index (κ1) is 26.3. The predicted octanol–water partition coefficient (Wildman–Crippen LogP) is 4.04. The molecule has 3 rings (SSSR count). The van der Waals surface area contributed by atoms with E-state index in [2.05, 4.69) is 26.8 Å². The van der Waals surface area contributed by atoms with Gasteiger partial charge >= 0.3 is 0 Å². The van der Waals surface area contributed by atoms with Gasteiger partial charge in [0.1, 0.15) is 27.6 Å². The number of sulfone groups is 1. The minimum atomic E-state index is -3.73. The molecule has 2 atom stereocenters. The van der Waals surface area contributed by atoms with Crippen molar-refractivity contribution in [1.82, 2.24) is 9.97 Å². The van der Waals surface area contributed by atoms with Crippen molar-refractivity contribution in [2.45, 2.75) is 57.4 Å². The van der Waals surface area contributed by atoms with Crippen molar-refractivity contribution in [2.75, 3.05) is 5.75 Å². The number of hydrogen-bond donors (Lipinski definition) is 1. The highest BCUT2D eigenvalue weighted by molar-refractivity contribution is 7.93. The Hall–Kier alpha value is -3.32. The molecule has 2 heterocycles. The summed E-state index contributed by atoms with van der Waals surface area (Å²) in [6.45, 7) is 8.04. The van der Waals surface area contributed by atoms with Crippen LogP contribution < -0.4 is 10.5 Å². The van der Waals surface area contributed by atoms with Gasteiger partial charge in [0.25, 0.3) is 0 Å². The fraction of sp³-hybridized carbons (Fsp3) is 0.400. The van der Waals surface area contributed by atoms with E-state index in [9.17, 15) is 17.2 Å². The van der Waals surface area contributed by atoms with Gasteiger partial charge in [0.2, 0.25) is 5.88 Å². The Morgan fingerprint density at radius 2 is 2.00 bits per heavy atom. The first-order valence-electron chi connectivity index (χ1n) is 11.0. The van der Waals surface area contributed by atoms with E-state index >= 15 is 0 Å². The summed E-state index contributed by atoms with van der Waals surface area (Å²) in [7, 11) is -3.73. The molecule has 0 unspecified atom stereocenters. The number of aliphatic imine (C=N–C) groups is 1. The van der Waals surface area contributed by atoms with Crippen molar-refractivity contribution < 1.29 is 21.9 Å². The van der Waals surface area contributed by atoms with E-state index in [1.807, 2.05) is 6.92 Å². The third-order valence-electron chi connectivity index (χ3n) is 5.91. The summed E-state index contributed by atoms with van der Waals surface area (Å²) in [6, 6.07) is 3.87. The van der Waals surface area contributed by atoms with Crippen LogP contribution in [0.5, 0.6) is 5.88 Å². The average molecular weight is 503 g/mol. The van der Waals surface area contributed by atoms with Gasteiger partial charge in [-0.2, -0.15) is 0 Å². The molecule has 35 heavy (non-hydrogen) atoms. The fourth-order valence-corrected chi connectivity index (χ4v) is 5.25. The van der Waals surface area contributed by atoms with E-state index in [4.69, 9.17) is 10.5 Å². The SMILES string of the molecule is CC#C[C@H](CC)Oc1cnc(/C(F)=C/c2ccc(F)c([C@]3(C)CS(=O)(=O)C(C)(C)C(N)=N3)c2)cn1. The van der Waals surface area contributed by atoms with Crippen molar-refractivity contribution in [3.63, 3.8) is 0 Å². The summed E-state index contributed by atoms with van der Waals surface area (Å²) < 4.78 is 59.6. The molecule has 10 heteroatoms. The quantitative estimate of drug-likeness (QED) is 0.598. The molecule has 0 fully saturated rings. The van der Waals surface area contributed by atoms with Crippen LogP contribution >= 0.6 is 0 Å². The third-order valence-corrected chi connectivity index (χ3v) is 8.61. The summed E-state index contributed by atoms with van der Waals surface area (Å²) in [6.07, 6.45) is 3.98. The van der Waals surface area contributed by atoms with E-state index in [0.29, 0.717) is 12.0 Å². The number of amidine groups is 1. The zero-order valence-electron chi connectivity index (χ0n) is 20.3. The van der Waals surface area contributed by atoms with E-state index in [1.165, 1.54) is 45.3 Å². The van der Waals surface area contributed by atoms with Crippen LogP contribution in [-0.4, -0.2) is 40.8 Å². The number of aromatic nitrogens is 2. The lowest BCUT2D eigenvalue weighted by atomic mass is 9.91. The molecule has 2 N–H and O–H groups in total. The largest absolute Gasteiger partial charge is 0.460 e. The molecule has 0 spiro atoms. The molecule has 0 aliphatic carbocycles. The number of nitrogens with zero attached hydrogens (tertiary/aromatic N) is 3. The third kappa shape index (κ3) is 5.35. The van der Waals surface area contributed by atoms with Crippen LogP contribution in [0.4, 0.5) is 8.78 Å². The lowest BCUT2D eigenvalue weighted by Gasteiger charge is -2.38. The zero-order valence-corrected chi connectivity index (χ0v) is 21.1. The molecular formula is C25H28F2N4O3S. The van der Waals surface area contributed by atoms with E-state index in [1.54, 1.807) is 6.92 Å². The highest BCUT2D eigenvalue weighted by Crippen LogP contribution is 2.38. The number of hydrogen-bond acceptors (Lipinski definition) is 7. The van der Waals surface area contributed by atoms with Crippen molar-refractivity contribution in [3.8, 4) is 17.7 Å².